The molecule has 0 bridgehead atoms. The average molecular weight is 408 g/mol. The van der Waals surface area contributed by atoms with E-state index in [-0.39, 0.29) is 11.5 Å². The Labute approximate surface area is 131 Å². The average Bonchev–Trinajstić information content (AvgIpc) is 2.80. The minimum Gasteiger partial charge on any atom is -0.478 e. The zero-order chi connectivity index (χ0) is 14.0. The lowest BCUT2D eigenvalue weighted by Crippen LogP contribution is -2.14. The number of nitrogens with one attached hydrogen (secondary N) is 1. The van der Waals surface area contributed by atoms with Crippen LogP contribution in [-0.2, 0) is 0 Å². The van der Waals surface area contributed by atoms with E-state index in [9.17, 15) is 9.59 Å². The van der Waals surface area contributed by atoms with E-state index in [4.69, 9.17) is 16.7 Å². The molecule has 98 valence electrons. The lowest BCUT2D eigenvalue weighted by Gasteiger charge is -2.06. The Kier molecular flexibility index (Phi) is 4.43. The number of carboxylic acid groups (broad SMARTS) is 1. The van der Waals surface area contributed by atoms with Crippen LogP contribution in [0.2, 0.25) is 5.02 Å². The van der Waals surface area contributed by atoms with Crippen molar-refractivity contribution < 1.29 is 14.7 Å². The lowest BCUT2D eigenvalue weighted by molar-refractivity contribution is 0.0698. The standard InChI is InChI=1S/C12H7ClINO3S/c13-6-1-2-9(14)8(5-6)10(16)15-11-7(12(17)18)3-4-19-11/h1-5H,(H,15,16)(H,17,18). The Morgan fingerprint density at radius 3 is 2.68 bits per heavy atom. The number of rotatable bonds is 3. The quantitative estimate of drug-likeness (QED) is 0.757. The van der Waals surface area contributed by atoms with Crippen LogP contribution in [0.5, 0.6) is 0 Å². The summed E-state index contributed by atoms with van der Waals surface area (Å²) in [6.07, 6.45) is 0. The van der Waals surface area contributed by atoms with Crippen molar-refractivity contribution in [1.29, 1.82) is 0 Å². The first kappa shape index (κ1) is 14.3. The summed E-state index contributed by atoms with van der Waals surface area (Å²) in [6, 6.07) is 6.41. The summed E-state index contributed by atoms with van der Waals surface area (Å²) >= 11 is 9.04. The van der Waals surface area contributed by atoms with Gasteiger partial charge >= 0.3 is 5.97 Å². The molecule has 0 fully saturated rings. The van der Waals surface area contributed by atoms with Crippen molar-refractivity contribution in [2.24, 2.45) is 0 Å². The number of carbonyl (C=O) groups is 2. The maximum absolute atomic E-state index is 12.1. The summed E-state index contributed by atoms with van der Waals surface area (Å²) < 4.78 is 0.743. The van der Waals surface area contributed by atoms with Gasteiger partial charge in [0.05, 0.1) is 11.1 Å². The summed E-state index contributed by atoms with van der Waals surface area (Å²) in [5.41, 5.74) is 0.494. The van der Waals surface area contributed by atoms with Crippen LogP contribution in [0, 0.1) is 3.57 Å². The Balaban J connectivity index is 2.28. The lowest BCUT2D eigenvalue weighted by atomic mass is 10.2. The molecule has 2 rings (SSSR count). The first-order valence-corrected chi connectivity index (χ1v) is 7.40. The van der Waals surface area contributed by atoms with Gasteiger partial charge in [0.2, 0.25) is 0 Å². The van der Waals surface area contributed by atoms with Crippen molar-refractivity contribution >= 4 is 62.4 Å². The number of amides is 1. The number of aromatic carboxylic acids is 1. The Morgan fingerprint density at radius 2 is 2.00 bits per heavy atom. The number of benzene rings is 1. The maximum Gasteiger partial charge on any atom is 0.338 e. The molecule has 2 aromatic rings. The molecule has 0 aliphatic heterocycles. The van der Waals surface area contributed by atoms with Gasteiger partial charge in [0.25, 0.3) is 5.91 Å². The van der Waals surface area contributed by atoms with Crippen LogP contribution < -0.4 is 5.32 Å². The van der Waals surface area contributed by atoms with Gasteiger partial charge < -0.3 is 10.4 Å². The predicted molar refractivity (Wildman–Crippen MR) is 83.4 cm³/mol. The molecule has 0 atom stereocenters. The van der Waals surface area contributed by atoms with Crippen molar-refractivity contribution in [2.75, 3.05) is 5.32 Å². The Bertz CT molecular complexity index is 656. The van der Waals surface area contributed by atoms with E-state index in [0.29, 0.717) is 15.6 Å². The number of thiophene rings is 1. The van der Waals surface area contributed by atoms with Gasteiger partial charge in [-0.25, -0.2) is 4.79 Å². The number of halogens is 2. The minimum absolute atomic E-state index is 0.0791. The monoisotopic (exact) mass is 407 g/mol. The van der Waals surface area contributed by atoms with E-state index in [1.165, 1.54) is 6.07 Å². The molecule has 0 aliphatic rings. The molecular weight excluding hydrogens is 401 g/mol. The fourth-order valence-corrected chi connectivity index (χ4v) is 2.94. The third-order valence-corrected chi connectivity index (χ3v) is 4.30. The third-order valence-electron chi connectivity index (χ3n) is 2.30. The maximum atomic E-state index is 12.1. The minimum atomic E-state index is -1.07. The Morgan fingerprint density at radius 1 is 1.26 bits per heavy atom. The fourth-order valence-electron chi connectivity index (χ4n) is 1.42. The van der Waals surface area contributed by atoms with Gasteiger partial charge in [-0.3, -0.25) is 4.79 Å². The SMILES string of the molecule is O=C(Nc1sccc1C(=O)O)c1cc(Cl)ccc1I. The van der Waals surface area contributed by atoms with Gasteiger partial charge in [-0.15, -0.1) is 11.3 Å². The van der Waals surface area contributed by atoms with Crippen LogP contribution >= 0.6 is 45.5 Å². The van der Waals surface area contributed by atoms with Gasteiger partial charge in [-0.1, -0.05) is 11.6 Å². The summed E-state index contributed by atoms with van der Waals surface area (Å²) in [6.45, 7) is 0. The highest BCUT2D eigenvalue weighted by Gasteiger charge is 2.16. The second kappa shape index (κ2) is 5.89. The topological polar surface area (TPSA) is 66.4 Å². The summed E-state index contributed by atoms with van der Waals surface area (Å²) in [7, 11) is 0. The van der Waals surface area contributed by atoms with Crippen molar-refractivity contribution in [1.82, 2.24) is 0 Å². The number of hydrogen-bond donors (Lipinski definition) is 2. The molecule has 0 saturated carbocycles. The molecule has 0 saturated heterocycles. The van der Waals surface area contributed by atoms with Gasteiger partial charge in [0.15, 0.2) is 0 Å². The number of carbonyl (C=O) groups excluding carboxylic acids is 1. The van der Waals surface area contributed by atoms with Crippen LogP contribution in [0.1, 0.15) is 20.7 Å². The molecule has 4 nitrogen and oxygen atoms in total. The van der Waals surface area contributed by atoms with Crippen molar-refractivity contribution in [3.63, 3.8) is 0 Å². The molecule has 0 unspecified atom stereocenters. The van der Waals surface area contributed by atoms with Gasteiger partial charge in [-0.2, -0.15) is 0 Å². The molecular formula is C12H7ClINO3S. The van der Waals surface area contributed by atoms with Gasteiger partial charge in [0.1, 0.15) is 5.00 Å². The first-order valence-electron chi connectivity index (χ1n) is 5.06. The molecule has 0 radical (unpaired) electrons. The van der Waals surface area contributed by atoms with Crippen molar-refractivity contribution in [3.8, 4) is 0 Å². The van der Waals surface area contributed by atoms with Crippen molar-refractivity contribution in [3.05, 3.63) is 49.4 Å². The van der Waals surface area contributed by atoms with E-state index >= 15 is 0 Å². The van der Waals surface area contributed by atoms with E-state index in [1.54, 1.807) is 23.6 Å². The highest BCUT2D eigenvalue weighted by molar-refractivity contribution is 14.1. The van der Waals surface area contributed by atoms with E-state index in [0.717, 1.165) is 14.9 Å². The van der Waals surface area contributed by atoms with E-state index in [2.05, 4.69) is 5.32 Å². The van der Waals surface area contributed by atoms with Crippen LogP contribution in [0.4, 0.5) is 5.00 Å². The number of carboxylic acids is 1. The Hall–Kier alpha value is -1.12. The number of anilines is 1. The highest BCUT2D eigenvalue weighted by Crippen LogP contribution is 2.25. The molecule has 1 aromatic heterocycles. The zero-order valence-corrected chi connectivity index (χ0v) is 13.0. The molecule has 7 heteroatoms. The summed E-state index contributed by atoms with van der Waals surface area (Å²) in [5, 5.41) is 13.9. The van der Waals surface area contributed by atoms with Crippen LogP contribution in [0.25, 0.3) is 0 Å². The number of hydrogen-bond acceptors (Lipinski definition) is 3. The molecule has 1 amide bonds. The van der Waals surface area contributed by atoms with Gasteiger partial charge in [0, 0.05) is 8.59 Å². The molecule has 0 aliphatic carbocycles. The van der Waals surface area contributed by atoms with Crippen LogP contribution in [0.3, 0.4) is 0 Å². The van der Waals surface area contributed by atoms with Crippen LogP contribution in [0.15, 0.2) is 29.6 Å². The van der Waals surface area contributed by atoms with Crippen LogP contribution in [-0.4, -0.2) is 17.0 Å². The molecule has 2 N–H and O–H groups in total. The van der Waals surface area contributed by atoms with Crippen molar-refractivity contribution in [2.45, 2.75) is 0 Å². The van der Waals surface area contributed by atoms with E-state index in [1.807, 2.05) is 22.6 Å². The largest absolute Gasteiger partial charge is 0.478 e. The second-order valence-corrected chi connectivity index (χ2v) is 6.06. The fraction of sp³-hybridized carbons (Fsp3) is 0. The normalized spacial score (nSPS) is 10.2. The summed E-state index contributed by atoms with van der Waals surface area (Å²) in [4.78, 5) is 23.1. The zero-order valence-electron chi connectivity index (χ0n) is 9.31. The first-order chi connectivity index (χ1) is 8.99. The molecule has 1 aromatic carbocycles. The molecule has 1 heterocycles. The smallest absolute Gasteiger partial charge is 0.338 e. The predicted octanol–water partition coefficient (Wildman–Crippen LogP) is 3.96. The summed E-state index contributed by atoms with van der Waals surface area (Å²) in [5.74, 6) is -1.45. The molecule has 0 spiro atoms. The third kappa shape index (κ3) is 3.26. The second-order valence-electron chi connectivity index (χ2n) is 3.55. The van der Waals surface area contributed by atoms with Gasteiger partial charge in [-0.05, 0) is 52.2 Å². The van der Waals surface area contributed by atoms with E-state index < -0.39 is 5.97 Å². The molecule has 19 heavy (non-hydrogen) atoms. The highest BCUT2D eigenvalue weighted by atomic mass is 127.